The summed E-state index contributed by atoms with van der Waals surface area (Å²) in [5, 5.41) is 29.8. The maximum atomic E-state index is 7.17. The van der Waals surface area contributed by atoms with Crippen LogP contribution < -0.4 is 16.0 Å². The highest BCUT2D eigenvalue weighted by atomic mass is 16.5. The van der Waals surface area contributed by atoms with E-state index in [2.05, 4.69) is 16.0 Å². The molecule has 0 heterocycles. The normalized spacial score (nSPS) is 6.23. The van der Waals surface area contributed by atoms with Gasteiger partial charge in [-0.15, -0.1) is 0 Å². The number of nitrogens with one attached hydrogen (secondary N) is 3. The first-order valence-electron chi connectivity index (χ1n) is 3.77. The lowest BCUT2D eigenvalue weighted by Crippen LogP contribution is -2.07. The molecule has 0 saturated heterocycles. The van der Waals surface area contributed by atoms with Gasteiger partial charge in [-0.2, -0.15) is 0 Å². The smallest absolute Gasteiger partial charge is 0.402 e. The topological polar surface area (TPSA) is 96.8 Å². The van der Waals surface area contributed by atoms with Gasteiger partial charge in [0.25, 0.3) is 0 Å². The fourth-order valence-electron chi connectivity index (χ4n) is 0. The Kier molecular flexibility index (Phi) is 72.3. The molecular formula is C6H24BN3O3. The Morgan fingerprint density at radius 1 is 0.615 bits per heavy atom. The molecule has 0 radical (unpaired) electrons. The Labute approximate surface area is 81.5 Å². The molecule has 0 rings (SSSR count). The maximum absolute atomic E-state index is 7.17. The molecule has 0 bridgehead atoms. The van der Waals surface area contributed by atoms with Gasteiger partial charge in [0.15, 0.2) is 0 Å². The van der Waals surface area contributed by atoms with Crippen LogP contribution in [0.2, 0.25) is 0 Å². The Balaban J connectivity index is -0.0000000420. The molecule has 6 nitrogen and oxygen atoms in total. The summed E-state index contributed by atoms with van der Waals surface area (Å²) in [6, 6.07) is 0. The van der Waals surface area contributed by atoms with Crippen molar-refractivity contribution in [2.45, 2.75) is 0 Å². The Hall–Kier alpha value is -0.175. The molecule has 0 aromatic rings. The van der Waals surface area contributed by atoms with Gasteiger partial charge >= 0.3 is 7.32 Å². The fourth-order valence-corrected chi connectivity index (χ4v) is 0. The van der Waals surface area contributed by atoms with Gasteiger partial charge in [-0.25, -0.2) is 0 Å². The standard InChI is InChI=1S/3C2H7N.BH3O3/c3*1-3-2;2-1(3)4/h3*3H,1-2H3;2-4H. The molecule has 0 fully saturated rings. The third-order valence-electron chi connectivity index (χ3n) is 0. The maximum Gasteiger partial charge on any atom is 0.631 e. The van der Waals surface area contributed by atoms with E-state index in [9.17, 15) is 0 Å². The van der Waals surface area contributed by atoms with Gasteiger partial charge in [0.2, 0.25) is 0 Å². The van der Waals surface area contributed by atoms with Gasteiger partial charge in [0, 0.05) is 0 Å². The molecule has 7 heteroatoms. The summed E-state index contributed by atoms with van der Waals surface area (Å²) in [5.74, 6) is 0. The van der Waals surface area contributed by atoms with Gasteiger partial charge in [0.1, 0.15) is 0 Å². The van der Waals surface area contributed by atoms with Crippen LogP contribution in [0.1, 0.15) is 0 Å². The van der Waals surface area contributed by atoms with Crippen LogP contribution in [-0.4, -0.2) is 64.7 Å². The van der Waals surface area contributed by atoms with E-state index in [-0.39, 0.29) is 0 Å². The molecule has 0 aliphatic rings. The van der Waals surface area contributed by atoms with Crippen molar-refractivity contribution in [3.05, 3.63) is 0 Å². The van der Waals surface area contributed by atoms with Gasteiger partial charge < -0.3 is 31.0 Å². The van der Waals surface area contributed by atoms with Crippen LogP contribution in [-0.2, 0) is 0 Å². The van der Waals surface area contributed by atoms with Crippen molar-refractivity contribution in [3.63, 3.8) is 0 Å². The van der Waals surface area contributed by atoms with E-state index >= 15 is 0 Å². The van der Waals surface area contributed by atoms with Crippen LogP contribution in [0.4, 0.5) is 0 Å². The Morgan fingerprint density at radius 3 is 0.615 bits per heavy atom. The predicted octanol–water partition coefficient (Wildman–Crippen LogP) is -2.54. The van der Waals surface area contributed by atoms with Crippen molar-refractivity contribution in [3.8, 4) is 0 Å². The highest BCUT2D eigenvalue weighted by Gasteiger charge is 1.92. The van der Waals surface area contributed by atoms with Crippen molar-refractivity contribution in [2.75, 3.05) is 42.3 Å². The molecule has 0 aromatic carbocycles. The molecule has 13 heavy (non-hydrogen) atoms. The average Bonchev–Trinajstić information content (AvgIpc) is 1.88. The number of hydrogen-bond donors (Lipinski definition) is 6. The zero-order valence-corrected chi connectivity index (χ0v) is 9.42. The molecular weight excluding hydrogens is 173 g/mol. The van der Waals surface area contributed by atoms with Crippen LogP contribution >= 0.6 is 0 Å². The lowest BCUT2D eigenvalue weighted by Gasteiger charge is -1.69. The van der Waals surface area contributed by atoms with E-state index in [0.29, 0.717) is 0 Å². The van der Waals surface area contributed by atoms with Crippen molar-refractivity contribution in [2.24, 2.45) is 0 Å². The largest absolute Gasteiger partial charge is 0.631 e. The molecule has 0 aliphatic heterocycles. The van der Waals surface area contributed by atoms with Crippen molar-refractivity contribution < 1.29 is 15.1 Å². The minimum atomic E-state index is -2.17. The minimum Gasteiger partial charge on any atom is -0.402 e. The molecule has 0 saturated carbocycles. The summed E-state index contributed by atoms with van der Waals surface area (Å²) in [6.07, 6.45) is 0. The predicted molar refractivity (Wildman–Crippen MR) is 57.4 cm³/mol. The highest BCUT2D eigenvalue weighted by molar-refractivity contribution is 6.30. The van der Waals surface area contributed by atoms with Gasteiger partial charge in [-0.05, 0) is 42.3 Å². The molecule has 0 atom stereocenters. The lowest BCUT2D eigenvalue weighted by atomic mass is 10.3. The van der Waals surface area contributed by atoms with E-state index < -0.39 is 7.32 Å². The quantitative estimate of drug-likeness (QED) is 0.239. The second kappa shape index (κ2) is 40.8. The van der Waals surface area contributed by atoms with Crippen LogP contribution in [0.3, 0.4) is 0 Å². The molecule has 84 valence electrons. The molecule has 0 unspecified atom stereocenters. The molecule has 0 aliphatic carbocycles. The second-order valence-electron chi connectivity index (χ2n) is 1.85. The third-order valence-corrected chi connectivity index (χ3v) is 0. The average molecular weight is 197 g/mol. The van der Waals surface area contributed by atoms with Crippen molar-refractivity contribution in [1.82, 2.24) is 16.0 Å². The van der Waals surface area contributed by atoms with Crippen LogP contribution in [0.25, 0.3) is 0 Å². The van der Waals surface area contributed by atoms with Crippen LogP contribution in [0.15, 0.2) is 0 Å². The van der Waals surface area contributed by atoms with E-state index in [1.165, 1.54) is 0 Å². The number of hydrogen-bond acceptors (Lipinski definition) is 6. The highest BCUT2D eigenvalue weighted by Crippen LogP contribution is 1.40. The first-order chi connectivity index (χ1) is 5.97. The van der Waals surface area contributed by atoms with Crippen LogP contribution in [0.5, 0.6) is 0 Å². The van der Waals surface area contributed by atoms with Gasteiger partial charge in [-0.3, -0.25) is 0 Å². The van der Waals surface area contributed by atoms with E-state index in [1.54, 1.807) is 0 Å². The van der Waals surface area contributed by atoms with E-state index in [1.807, 2.05) is 42.3 Å². The first-order valence-corrected chi connectivity index (χ1v) is 3.77. The third kappa shape index (κ3) is 37200. The summed E-state index contributed by atoms with van der Waals surface area (Å²) < 4.78 is 0. The summed E-state index contributed by atoms with van der Waals surface area (Å²) >= 11 is 0. The molecule has 0 aromatic heterocycles. The summed E-state index contributed by atoms with van der Waals surface area (Å²) in [4.78, 5) is 0. The van der Waals surface area contributed by atoms with Crippen molar-refractivity contribution >= 4 is 7.32 Å². The molecule has 0 spiro atoms. The second-order valence-corrected chi connectivity index (χ2v) is 1.85. The van der Waals surface area contributed by atoms with Crippen molar-refractivity contribution in [1.29, 1.82) is 0 Å². The lowest BCUT2D eigenvalue weighted by molar-refractivity contribution is 0.278. The first kappa shape index (κ1) is 23.0. The van der Waals surface area contributed by atoms with E-state index in [4.69, 9.17) is 15.1 Å². The summed E-state index contributed by atoms with van der Waals surface area (Å²) in [5.41, 5.74) is 0. The van der Waals surface area contributed by atoms with Gasteiger partial charge in [-0.1, -0.05) is 0 Å². The van der Waals surface area contributed by atoms with E-state index in [0.717, 1.165) is 0 Å². The monoisotopic (exact) mass is 197 g/mol. The van der Waals surface area contributed by atoms with Crippen LogP contribution in [0, 0.1) is 0 Å². The fraction of sp³-hybridized carbons (Fsp3) is 1.00. The minimum absolute atomic E-state index is 1.88. The molecule has 6 N–H and O–H groups in total. The van der Waals surface area contributed by atoms with Gasteiger partial charge in [0.05, 0.1) is 0 Å². The zero-order valence-electron chi connectivity index (χ0n) is 9.42. The SMILES string of the molecule is CNC.CNC.CNC.OB(O)O. The summed E-state index contributed by atoms with van der Waals surface area (Å²) in [7, 11) is 9.08. The molecule has 0 amide bonds. The summed E-state index contributed by atoms with van der Waals surface area (Å²) in [6.45, 7) is 0. The Bertz CT molecular complexity index is 44.6. The number of rotatable bonds is 0. The Morgan fingerprint density at radius 2 is 0.615 bits per heavy atom. The zero-order chi connectivity index (χ0) is 11.7.